The lowest BCUT2D eigenvalue weighted by Gasteiger charge is -2.29. The molecule has 7 heteroatoms. The van der Waals surface area contributed by atoms with Gasteiger partial charge in [-0.3, -0.25) is 9.59 Å². The Morgan fingerprint density at radius 3 is 2.49 bits per heavy atom. The number of likely N-dealkylation sites (tertiary alicyclic amines) is 1. The standard InChI is InChI=1S/C28H32N2O5/c1-3-17-35-23-11-9-22(10-12-23)26(31)24-25(21-7-5-20(2)6-8-21)30(28(33)27(24)32)14-4-13-29-15-18-34-19-16-29/h3,5-12,25,31H,1,4,13-19H2,2H3. The maximum atomic E-state index is 13.5. The van der Waals surface area contributed by atoms with E-state index >= 15 is 0 Å². The average molecular weight is 477 g/mol. The second-order valence-electron chi connectivity index (χ2n) is 8.97. The molecule has 1 amide bonds. The van der Waals surface area contributed by atoms with Crippen LogP contribution in [0.2, 0.25) is 0 Å². The van der Waals surface area contributed by atoms with Gasteiger partial charge in [0.1, 0.15) is 25.4 Å². The lowest BCUT2D eigenvalue weighted by Crippen LogP contribution is -3.14. The van der Waals surface area contributed by atoms with Gasteiger partial charge in [-0.25, -0.2) is 0 Å². The molecule has 2 aliphatic heterocycles. The quantitative estimate of drug-likeness (QED) is 0.254. The molecule has 2 heterocycles. The van der Waals surface area contributed by atoms with Crippen LogP contribution < -0.4 is 14.7 Å². The molecule has 0 aliphatic carbocycles. The Hall–Kier alpha value is -3.42. The molecule has 2 saturated heterocycles. The normalized spacial score (nSPS) is 20.3. The van der Waals surface area contributed by atoms with Crippen molar-refractivity contribution in [2.45, 2.75) is 19.4 Å². The van der Waals surface area contributed by atoms with E-state index in [9.17, 15) is 14.7 Å². The van der Waals surface area contributed by atoms with Crippen LogP contribution in [0.15, 0.2) is 66.8 Å². The number of hydrogen-bond acceptors (Lipinski definition) is 5. The summed E-state index contributed by atoms with van der Waals surface area (Å²) < 4.78 is 10.9. The van der Waals surface area contributed by atoms with Gasteiger partial charge in [0.15, 0.2) is 0 Å². The van der Waals surface area contributed by atoms with Gasteiger partial charge < -0.3 is 24.4 Å². The number of nitrogens with zero attached hydrogens (tertiary/aromatic N) is 1. The van der Waals surface area contributed by atoms with Crippen LogP contribution in [0.4, 0.5) is 0 Å². The second-order valence-corrected chi connectivity index (χ2v) is 8.97. The van der Waals surface area contributed by atoms with Gasteiger partial charge in [0.05, 0.1) is 25.8 Å². The molecule has 2 aliphatic rings. The van der Waals surface area contributed by atoms with E-state index in [1.807, 2.05) is 31.2 Å². The molecule has 0 spiro atoms. The highest BCUT2D eigenvalue weighted by Crippen LogP contribution is 2.38. The fourth-order valence-corrected chi connectivity index (χ4v) is 4.62. The van der Waals surface area contributed by atoms with Crippen LogP contribution in [-0.2, 0) is 14.3 Å². The van der Waals surface area contributed by atoms with Crippen LogP contribution in [0.1, 0.15) is 29.2 Å². The number of nitrogens with one attached hydrogen (secondary N) is 1. The number of amides is 1. The third-order valence-electron chi connectivity index (χ3n) is 6.54. The van der Waals surface area contributed by atoms with E-state index in [1.165, 1.54) is 4.90 Å². The Balaban J connectivity index is 1.63. The summed E-state index contributed by atoms with van der Waals surface area (Å²) in [6, 6.07) is 13.6. The molecule has 2 aromatic carbocycles. The van der Waals surface area contributed by atoms with E-state index in [0.29, 0.717) is 24.5 Å². The number of carbonyl (C=O) groups is 2. The van der Waals surface area contributed by atoms with Crippen molar-refractivity contribution in [1.82, 2.24) is 4.90 Å². The number of hydrogen-bond donors (Lipinski definition) is 1. The molecule has 7 nitrogen and oxygen atoms in total. The summed E-state index contributed by atoms with van der Waals surface area (Å²) in [6.07, 6.45) is 2.38. The van der Waals surface area contributed by atoms with Crippen molar-refractivity contribution in [3.8, 4) is 5.75 Å². The first-order valence-corrected chi connectivity index (χ1v) is 12.1. The fourth-order valence-electron chi connectivity index (χ4n) is 4.62. The average Bonchev–Trinajstić information content (AvgIpc) is 3.13. The number of rotatable bonds is 9. The Bertz CT molecular complexity index is 1090. The maximum Gasteiger partial charge on any atom is 0.295 e. The summed E-state index contributed by atoms with van der Waals surface area (Å²) in [4.78, 5) is 29.3. The van der Waals surface area contributed by atoms with Gasteiger partial charge >= 0.3 is 0 Å². The molecular formula is C28H32N2O5. The largest absolute Gasteiger partial charge is 0.872 e. The number of morpholine rings is 1. The van der Waals surface area contributed by atoms with E-state index in [1.54, 1.807) is 35.2 Å². The van der Waals surface area contributed by atoms with E-state index in [4.69, 9.17) is 9.47 Å². The van der Waals surface area contributed by atoms with Crippen molar-refractivity contribution in [2.75, 3.05) is 46.0 Å². The van der Waals surface area contributed by atoms with Crippen molar-refractivity contribution in [1.29, 1.82) is 0 Å². The van der Waals surface area contributed by atoms with Gasteiger partial charge in [0, 0.05) is 18.5 Å². The van der Waals surface area contributed by atoms with Crippen LogP contribution >= 0.6 is 0 Å². The third-order valence-corrected chi connectivity index (χ3v) is 6.54. The number of benzene rings is 2. The maximum absolute atomic E-state index is 13.5. The summed E-state index contributed by atoms with van der Waals surface area (Å²) in [5.74, 6) is -1.15. The molecule has 184 valence electrons. The second kappa shape index (κ2) is 11.3. The van der Waals surface area contributed by atoms with Crippen molar-refractivity contribution in [2.24, 2.45) is 0 Å². The minimum atomic E-state index is -0.716. The first-order valence-electron chi connectivity index (χ1n) is 12.1. The van der Waals surface area contributed by atoms with Crippen molar-refractivity contribution in [3.05, 3.63) is 83.4 Å². The van der Waals surface area contributed by atoms with E-state index in [2.05, 4.69) is 6.58 Å². The van der Waals surface area contributed by atoms with Gasteiger partial charge in [0.25, 0.3) is 5.91 Å². The smallest absolute Gasteiger partial charge is 0.295 e. The van der Waals surface area contributed by atoms with Crippen LogP contribution in [0.3, 0.4) is 0 Å². The molecule has 0 saturated carbocycles. The first-order chi connectivity index (χ1) is 17.0. The third kappa shape index (κ3) is 5.63. The van der Waals surface area contributed by atoms with Gasteiger partial charge in [-0.15, -0.1) is 0 Å². The van der Waals surface area contributed by atoms with Gasteiger partial charge in [-0.2, -0.15) is 0 Å². The zero-order valence-corrected chi connectivity index (χ0v) is 20.1. The molecule has 1 N–H and O–H groups in total. The highest BCUT2D eigenvalue weighted by atomic mass is 16.5. The predicted molar refractivity (Wildman–Crippen MR) is 131 cm³/mol. The Morgan fingerprint density at radius 2 is 1.83 bits per heavy atom. The molecule has 1 atom stereocenters. The zero-order valence-electron chi connectivity index (χ0n) is 20.1. The summed E-state index contributed by atoms with van der Waals surface area (Å²) in [5, 5.41) is 13.5. The lowest BCUT2D eigenvalue weighted by atomic mass is 9.94. The summed E-state index contributed by atoms with van der Waals surface area (Å²) in [5.41, 5.74) is 2.19. The van der Waals surface area contributed by atoms with Crippen molar-refractivity contribution in [3.63, 3.8) is 0 Å². The van der Waals surface area contributed by atoms with Crippen molar-refractivity contribution < 1.29 is 29.1 Å². The van der Waals surface area contributed by atoms with E-state index in [-0.39, 0.29) is 5.57 Å². The molecule has 1 unspecified atom stereocenters. The molecular weight excluding hydrogens is 444 g/mol. The van der Waals surface area contributed by atoms with Gasteiger partial charge in [-0.1, -0.05) is 60.4 Å². The molecule has 0 radical (unpaired) electrons. The highest BCUT2D eigenvalue weighted by Gasteiger charge is 2.44. The minimum absolute atomic E-state index is 0.0114. The van der Waals surface area contributed by atoms with Gasteiger partial charge in [0.2, 0.25) is 5.78 Å². The number of aryl methyl sites for hydroxylation is 1. The summed E-state index contributed by atoms with van der Waals surface area (Å²) >= 11 is 0. The highest BCUT2D eigenvalue weighted by molar-refractivity contribution is 6.46. The topological polar surface area (TPSA) is 83.3 Å². The van der Waals surface area contributed by atoms with Crippen molar-refractivity contribution >= 4 is 17.4 Å². The Labute approximate surface area is 206 Å². The van der Waals surface area contributed by atoms with Crippen LogP contribution in [0.5, 0.6) is 5.75 Å². The first kappa shape index (κ1) is 24.7. The molecule has 4 rings (SSSR count). The molecule has 0 aromatic heterocycles. The van der Waals surface area contributed by atoms with Crippen LogP contribution in [-0.4, -0.2) is 62.6 Å². The molecule has 2 fully saturated rings. The number of carbonyl (C=O) groups excluding carboxylic acids is 2. The molecule has 35 heavy (non-hydrogen) atoms. The number of ether oxygens (including phenoxy) is 2. The van der Waals surface area contributed by atoms with Crippen LogP contribution in [0, 0.1) is 6.92 Å². The molecule has 0 bridgehead atoms. The SMILES string of the molecule is C=CCOc1ccc(C([O-])=C2C(=O)C(=O)N(CCC[NH+]3CCOCC3)C2c2ccc(C)cc2)cc1. The predicted octanol–water partition coefficient (Wildman–Crippen LogP) is 1.09. The van der Waals surface area contributed by atoms with Crippen LogP contribution in [0.25, 0.3) is 5.76 Å². The summed E-state index contributed by atoms with van der Waals surface area (Å²) in [7, 11) is 0. The number of quaternary nitrogens is 1. The Morgan fingerprint density at radius 1 is 1.14 bits per heavy atom. The fraction of sp³-hybridized carbons (Fsp3) is 0.357. The zero-order chi connectivity index (χ0) is 24.8. The summed E-state index contributed by atoms with van der Waals surface area (Å²) in [6.45, 7) is 10.6. The molecule has 2 aromatic rings. The number of Topliss-reactive ketones (excluding diaryl/α,β-unsaturated/α-hetero) is 1. The minimum Gasteiger partial charge on any atom is -0.872 e. The van der Waals surface area contributed by atoms with E-state index < -0.39 is 23.5 Å². The monoisotopic (exact) mass is 476 g/mol. The van der Waals surface area contributed by atoms with E-state index in [0.717, 1.165) is 50.4 Å². The van der Waals surface area contributed by atoms with Gasteiger partial charge in [-0.05, 0) is 30.2 Å². The lowest BCUT2D eigenvalue weighted by molar-refractivity contribution is -0.908. The number of ketones is 1. The Kier molecular flexibility index (Phi) is 8.00.